The number of hydrogen-bond donors (Lipinski definition) is 1. The van der Waals surface area contributed by atoms with Crippen molar-refractivity contribution in [1.82, 2.24) is 5.43 Å². The Labute approximate surface area is 173 Å². The van der Waals surface area contributed by atoms with Gasteiger partial charge in [-0.3, -0.25) is 9.10 Å². The molecule has 1 aromatic rings. The molecule has 0 saturated heterocycles. The molecular weight excluding hydrogens is 431 g/mol. The summed E-state index contributed by atoms with van der Waals surface area (Å²) in [6.45, 7) is -0.739. The monoisotopic (exact) mass is 453 g/mol. The number of hydrazone groups is 1. The fourth-order valence-corrected chi connectivity index (χ4v) is 4.12. The molecule has 6 nitrogen and oxygen atoms in total. The van der Waals surface area contributed by atoms with Gasteiger partial charge >= 0.3 is 6.18 Å². The van der Waals surface area contributed by atoms with E-state index in [1.807, 2.05) is 0 Å². The van der Waals surface area contributed by atoms with Gasteiger partial charge in [-0.1, -0.05) is 30.9 Å². The van der Waals surface area contributed by atoms with Gasteiger partial charge in [-0.25, -0.2) is 13.8 Å². The fraction of sp³-hybridized carbons (Fsp3) is 0.556. The Morgan fingerprint density at radius 1 is 1.17 bits per heavy atom. The van der Waals surface area contributed by atoms with Crippen LogP contribution in [0.25, 0.3) is 0 Å². The number of anilines is 1. The van der Waals surface area contributed by atoms with Crippen molar-refractivity contribution in [3.05, 3.63) is 28.8 Å². The van der Waals surface area contributed by atoms with Crippen LogP contribution in [0.15, 0.2) is 23.3 Å². The Bertz CT molecular complexity index is 863. The Balaban J connectivity index is 2.20. The van der Waals surface area contributed by atoms with Crippen molar-refractivity contribution in [3.8, 4) is 0 Å². The zero-order chi connectivity index (χ0) is 21.7. The van der Waals surface area contributed by atoms with E-state index in [1.54, 1.807) is 0 Å². The highest BCUT2D eigenvalue weighted by Crippen LogP contribution is 2.36. The number of rotatable bonds is 5. The van der Waals surface area contributed by atoms with Gasteiger partial charge in [-0.2, -0.15) is 18.3 Å². The maximum atomic E-state index is 13.0. The summed E-state index contributed by atoms with van der Waals surface area (Å²) in [6.07, 6.45) is 2.86. The van der Waals surface area contributed by atoms with E-state index >= 15 is 0 Å². The molecule has 1 saturated carbocycles. The topological polar surface area (TPSA) is 78.8 Å². The number of carbonyl (C=O) groups is 1. The Hall–Kier alpha value is -1.81. The highest BCUT2D eigenvalue weighted by Gasteiger charge is 2.33. The van der Waals surface area contributed by atoms with E-state index in [9.17, 15) is 26.4 Å². The molecule has 1 aliphatic carbocycles. The highest BCUT2D eigenvalue weighted by molar-refractivity contribution is 7.92. The number of alkyl halides is 3. The van der Waals surface area contributed by atoms with E-state index in [1.165, 1.54) is 6.42 Å². The van der Waals surface area contributed by atoms with Gasteiger partial charge in [0.2, 0.25) is 10.0 Å². The molecule has 0 heterocycles. The quantitative estimate of drug-likeness (QED) is 0.673. The minimum absolute atomic E-state index is 0.220. The first-order valence-electron chi connectivity index (χ1n) is 9.17. The second kappa shape index (κ2) is 9.80. The average molecular weight is 454 g/mol. The summed E-state index contributed by atoms with van der Waals surface area (Å²) in [7, 11) is -4.08. The van der Waals surface area contributed by atoms with Crippen molar-refractivity contribution in [1.29, 1.82) is 0 Å². The van der Waals surface area contributed by atoms with Gasteiger partial charge in [0.15, 0.2) is 0 Å². The van der Waals surface area contributed by atoms with Crippen LogP contribution in [-0.4, -0.2) is 32.8 Å². The first kappa shape index (κ1) is 23.5. The van der Waals surface area contributed by atoms with Crippen molar-refractivity contribution in [2.45, 2.75) is 51.1 Å². The van der Waals surface area contributed by atoms with E-state index < -0.39 is 39.9 Å². The number of nitrogens with one attached hydrogen (secondary N) is 1. The van der Waals surface area contributed by atoms with Crippen LogP contribution < -0.4 is 9.73 Å². The molecular formula is C18H23ClF3N3O3S. The number of halogens is 4. The maximum absolute atomic E-state index is 13.0. The van der Waals surface area contributed by atoms with Crippen LogP contribution in [0.2, 0.25) is 5.02 Å². The summed E-state index contributed by atoms with van der Waals surface area (Å²) >= 11 is 5.93. The molecule has 2 rings (SSSR count). The minimum atomic E-state index is -4.69. The lowest BCUT2D eigenvalue weighted by molar-refractivity contribution is -0.137. The lowest BCUT2D eigenvalue weighted by atomic mass is 9.99. The van der Waals surface area contributed by atoms with Gasteiger partial charge in [0.05, 0.1) is 22.5 Å². The summed E-state index contributed by atoms with van der Waals surface area (Å²) in [6, 6.07) is 2.30. The Kier molecular flexibility index (Phi) is 7.93. The number of nitrogens with zero attached hydrogens (tertiary/aromatic N) is 2. The van der Waals surface area contributed by atoms with Crippen LogP contribution >= 0.6 is 11.6 Å². The predicted octanol–water partition coefficient (Wildman–Crippen LogP) is 4.34. The van der Waals surface area contributed by atoms with Crippen molar-refractivity contribution < 1.29 is 26.4 Å². The second-order valence-electron chi connectivity index (χ2n) is 6.91. The predicted molar refractivity (Wildman–Crippen MR) is 107 cm³/mol. The summed E-state index contributed by atoms with van der Waals surface area (Å²) in [5, 5.41) is 3.86. The molecule has 0 radical (unpaired) electrons. The van der Waals surface area contributed by atoms with Gasteiger partial charge in [0.25, 0.3) is 5.91 Å². The maximum Gasteiger partial charge on any atom is 0.416 e. The summed E-state index contributed by atoms with van der Waals surface area (Å²) in [5.74, 6) is -0.765. The molecule has 1 amide bonds. The van der Waals surface area contributed by atoms with Crippen LogP contribution in [0.4, 0.5) is 18.9 Å². The minimum Gasteiger partial charge on any atom is -0.271 e. The molecule has 0 spiro atoms. The molecule has 1 N–H and O–H groups in total. The summed E-state index contributed by atoms with van der Waals surface area (Å²) < 4.78 is 63.8. The van der Waals surface area contributed by atoms with Gasteiger partial charge in [-0.05, 0) is 43.9 Å². The van der Waals surface area contributed by atoms with Crippen LogP contribution in [0.3, 0.4) is 0 Å². The third kappa shape index (κ3) is 7.18. The zero-order valence-corrected chi connectivity index (χ0v) is 17.5. The van der Waals surface area contributed by atoms with Gasteiger partial charge in [-0.15, -0.1) is 0 Å². The number of benzene rings is 1. The SMILES string of the molecule is CS(=O)(=O)N(CC(=O)NN=C1CCCCCCC1)c1cc(C(F)(F)F)ccc1Cl. The number of hydrogen-bond acceptors (Lipinski definition) is 4. The van der Waals surface area contributed by atoms with Gasteiger partial charge in [0, 0.05) is 5.71 Å². The fourth-order valence-electron chi connectivity index (χ4n) is 2.99. The summed E-state index contributed by atoms with van der Waals surface area (Å²) in [5.41, 5.74) is 1.65. The molecule has 162 valence electrons. The van der Waals surface area contributed by atoms with E-state index in [2.05, 4.69) is 10.5 Å². The van der Waals surface area contributed by atoms with Crippen LogP contribution in [-0.2, 0) is 21.0 Å². The molecule has 29 heavy (non-hydrogen) atoms. The Morgan fingerprint density at radius 3 is 2.31 bits per heavy atom. The Morgan fingerprint density at radius 2 is 1.76 bits per heavy atom. The third-order valence-corrected chi connectivity index (χ3v) is 5.95. The van der Waals surface area contributed by atoms with Gasteiger partial charge < -0.3 is 0 Å². The van der Waals surface area contributed by atoms with Crippen LogP contribution in [0, 0.1) is 0 Å². The molecule has 1 aliphatic rings. The van der Waals surface area contributed by atoms with E-state index in [0.717, 1.165) is 62.6 Å². The highest BCUT2D eigenvalue weighted by atomic mass is 35.5. The molecule has 1 fully saturated rings. The smallest absolute Gasteiger partial charge is 0.271 e. The number of amides is 1. The zero-order valence-electron chi connectivity index (χ0n) is 15.9. The largest absolute Gasteiger partial charge is 0.416 e. The number of carbonyl (C=O) groups excluding carboxylic acids is 1. The van der Waals surface area contributed by atoms with Crippen molar-refractivity contribution in [3.63, 3.8) is 0 Å². The van der Waals surface area contributed by atoms with E-state index in [-0.39, 0.29) is 5.02 Å². The molecule has 0 unspecified atom stereocenters. The van der Waals surface area contributed by atoms with Crippen LogP contribution in [0.5, 0.6) is 0 Å². The van der Waals surface area contributed by atoms with Crippen LogP contribution in [0.1, 0.15) is 50.5 Å². The first-order valence-corrected chi connectivity index (χ1v) is 11.4. The number of sulfonamides is 1. The molecule has 0 aromatic heterocycles. The van der Waals surface area contributed by atoms with E-state index in [0.29, 0.717) is 10.4 Å². The summed E-state index contributed by atoms with van der Waals surface area (Å²) in [4.78, 5) is 12.3. The normalized spacial score (nSPS) is 16.0. The molecule has 0 bridgehead atoms. The van der Waals surface area contributed by atoms with Crippen molar-refractivity contribution in [2.75, 3.05) is 17.1 Å². The van der Waals surface area contributed by atoms with Crippen molar-refractivity contribution in [2.24, 2.45) is 5.10 Å². The van der Waals surface area contributed by atoms with Crippen molar-refractivity contribution >= 4 is 38.9 Å². The molecule has 0 aliphatic heterocycles. The first-order chi connectivity index (χ1) is 13.5. The lowest BCUT2D eigenvalue weighted by Gasteiger charge is -2.23. The second-order valence-corrected chi connectivity index (χ2v) is 9.23. The molecule has 1 aromatic carbocycles. The average Bonchev–Trinajstić information content (AvgIpc) is 2.57. The lowest BCUT2D eigenvalue weighted by Crippen LogP contribution is -2.39. The molecule has 11 heteroatoms. The molecule has 0 atom stereocenters. The standard InChI is InChI=1S/C18H23ClF3N3O3S/c1-29(27,28)25(16-11-13(18(20,21)22)9-10-15(16)19)12-17(26)24-23-14-7-5-3-2-4-6-8-14/h9-11H,2-8,12H2,1H3,(H,24,26). The third-order valence-electron chi connectivity index (χ3n) is 4.50. The van der Waals surface area contributed by atoms with E-state index in [4.69, 9.17) is 11.6 Å². The van der Waals surface area contributed by atoms with Gasteiger partial charge in [0.1, 0.15) is 6.54 Å².